The van der Waals surface area contributed by atoms with Crippen LogP contribution < -0.4 is 4.74 Å². The van der Waals surface area contributed by atoms with E-state index >= 15 is 0 Å². The van der Waals surface area contributed by atoms with Crippen LogP contribution in [0, 0.1) is 0 Å². The quantitative estimate of drug-likeness (QED) is 0.389. The normalized spacial score (nSPS) is 17.3. The Bertz CT molecular complexity index is 1410. The molecule has 0 saturated carbocycles. The predicted octanol–water partition coefficient (Wildman–Crippen LogP) is 4.12. The van der Waals surface area contributed by atoms with Crippen molar-refractivity contribution >= 4 is 52.3 Å². The minimum absolute atomic E-state index is 0.146. The van der Waals surface area contributed by atoms with Gasteiger partial charge in [-0.25, -0.2) is 9.89 Å². The molecular weight excluding hydrogens is 478 g/mol. The van der Waals surface area contributed by atoms with Crippen molar-refractivity contribution in [1.82, 2.24) is 9.80 Å². The molecule has 0 bridgehead atoms. The number of para-hydroxylation sites is 1. The van der Waals surface area contributed by atoms with E-state index in [1.54, 1.807) is 73.8 Å². The van der Waals surface area contributed by atoms with E-state index in [-0.39, 0.29) is 21.2 Å². The van der Waals surface area contributed by atoms with Crippen molar-refractivity contribution in [3.63, 3.8) is 0 Å². The zero-order valence-corrected chi connectivity index (χ0v) is 19.9. The molecule has 36 heavy (non-hydrogen) atoms. The van der Waals surface area contributed by atoms with Crippen LogP contribution in [-0.2, 0) is 9.59 Å². The van der Waals surface area contributed by atoms with Crippen LogP contribution in [0.5, 0.6) is 5.75 Å². The van der Waals surface area contributed by atoms with E-state index in [4.69, 9.17) is 4.74 Å². The first-order valence-corrected chi connectivity index (χ1v) is 11.8. The van der Waals surface area contributed by atoms with Gasteiger partial charge in [-0.3, -0.25) is 24.1 Å². The molecule has 1 fully saturated rings. The molecule has 0 spiro atoms. The number of thioether (sulfide) groups is 1. The number of carbonyl (C=O) groups excluding carboxylic acids is 4. The third-order valence-electron chi connectivity index (χ3n) is 5.62. The van der Waals surface area contributed by atoms with Gasteiger partial charge in [-0.05, 0) is 59.8 Å². The Labute approximate surface area is 210 Å². The van der Waals surface area contributed by atoms with Gasteiger partial charge in [-0.1, -0.05) is 42.5 Å². The van der Waals surface area contributed by atoms with E-state index in [0.29, 0.717) is 11.4 Å². The molecule has 0 atom stereocenters. The summed E-state index contributed by atoms with van der Waals surface area (Å²) in [6.07, 6.45) is 1.66. The highest BCUT2D eigenvalue weighted by Crippen LogP contribution is 2.35. The third kappa shape index (κ3) is 4.32. The van der Waals surface area contributed by atoms with Crippen molar-refractivity contribution in [3.05, 3.63) is 100 Å². The van der Waals surface area contributed by atoms with E-state index in [1.165, 1.54) is 12.1 Å². The molecule has 0 N–H and O–H groups in total. The zero-order chi connectivity index (χ0) is 25.2. The van der Waals surface area contributed by atoms with Gasteiger partial charge in [0.1, 0.15) is 12.3 Å². The molecule has 2 aliphatic heterocycles. The van der Waals surface area contributed by atoms with Crippen LogP contribution in [0.4, 0.5) is 5.69 Å². The summed E-state index contributed by atoms with van der Waals surface area (Å²) in [6, 6.07) is 22.4. The number of rotatable bonds is 5. The van der Waals surface area contributed by atoms with Crippen LogP contribution in [0.25, 0.3) is 6.08 Å². The van der Waals surface area contributed by atoms with Gasteiger partial charge >= 0.3 is 0 Å². The number of methoxy groups -OCH3 is 1. The molecular formula is C27H19N3O5S. The van der Waals surface area contributed by atoms with Crippen molar-refractivity contribution < 1.29 is 23.9 Å². The SMILES string of the molecule is COc1ccc(C=C2SC(=Nc3ccccc3)N(C(=O)CN3C(=O)c4ccccc4C3=O)C2=O)cc1. The Kier molecular flexibility index (Phi) is 6.22. The van der Waals surface area contributed by atoms with Crippen LogP contribution in [0.1, 0.15) is 26.3 Å². The molecule has 3 aromatic carbocycles. The second-order valence-electron chi connectivity index (χ2n) is 7.89. The number of hydrogen-bond acceptors (Lipinski definition) is 7. The van der Waals surface area contributed by atoms with Crippen molar-refractivity contribution in [2.45, 2.75) is 0 Å². The van der Waals surface area contributed by atoms with E-state index in [9.17, 15) is 19.2 Å². The summed E-state index contributed by atoms with van der Waals surface area (Å²) in [5.74, 6) is -1.77. The van der Waals surface area contributed by atoms with E-state index in [1.807, 2.05) is 6.07 Å². The monoisotopic (exact) mass is 497 g/mol. The average Bonchev–Trinajstić information content (AvgIpc) is 3.33. The maximum absolute atomic E-state index is 13.4. The zero-order valence-electron chi connectivity index (χ0n) is 19.1. The lowest BCUT2D eigenvalue weighted by atomic mass is 10.1. The maximum Gasteiger partial charge on any atom is 0.273 e. The molecule has 1 saturated heterocycles. The molecule has 2 heterocycles. The first kappa shape index (κ1) is 23.3. The fraction of sp³-hybridized carbons (Fsp3) is 0.0741. The molecule has 178 valence electrons. The molecule has 8 nitrogen and oxygen atoms in total. The molecule has 2 aliphatic rings. The maximum atomic E-state index is 13.4. The number of nitrogens with zero attached hydrogens (tertiary/aromatic N) is 3. The third-order valence-corrected chi connectivity index (χ3v) is 6.59. The van der Waals surface area contributed by atoms with Gasteiger partial charge in [0.25, 0.3) is 23.6 Å². The number of amides is 4. The summed E-state index contributed by atoms with van der Waals surface area (Å²) >= 11 is 1.05. The second kappa shape index (κ2) is 9.63. The Balaban J connectivity index is 1.46. The average molecular weight is 498 g/mol. The lowest BCUT2D eigenvalue weighted by molar-refractivity contribution is -0.136. The number of fused-ring (bicyclic) bond motifs is 1. The van der Waals surface area contributed by atoms with Crippen LogP contribution in [0.15, 0.2) is 88.8 Å². The Morgan fingerprint density at radius 1 is 0.861 bits per heavy atom. The van der Waals surface area contributed by atoms with Crippen LogP contribution >= 0.6 is 11.8 Å². The summed E-state index contributed by atoms with van der Waals surface area (Å²) < 4.78 is 5.17. The number of amidine groups is 1. The first-order chi connectivity index (χ1) is 17.5. The fourth-order valence-electron chi connectivity index (χ4n) is 3.82. The number of aliphatic imine (C=N–C) groups is 1. The fourth-order valence-corrected chi connectivity index (χ4v) is 4.82. The van der Waals surface area contributed by atoms with Gasteiger partial charge < -0.3 is 4.74 Å². The first-order valence-electron chi connectivity index (χ1n) is 11.0. The van der Waals surface area contributed by atoms with Crippen LogP contribution in [-0.4, -0.2) is 52.3 Å². The molecule has 9 heteroatoms. The summed E-state index contributed by atoms with van der Waals surface area (Å²) in [7, 11) is 1.56. The molecule has 4 amide bonds. The van der Waals surface area contributed by atoms with Crippen molar-refractivity contribution in [2.24, 2.45) is 4.99 Å². The predicted molar refractivity (Wildman–Crippen MR) is 136 cm³/mol. The highest BCUT2D eigenvalue weighted by molar-refractivity contribution is 8.18. The smallest absolute Gasteiger partial charge is 0.273 e. The van der Waals surface area contributed by atoms with Gasteiger partial charge in [0.05, 0.1) is 28.8 Å². The van der Waals surface area contributed by atoms with Crippen LogP contribution in [0.2, 0.25) is 0 Å². The van der Waals surface area contributed by atoms with Crippen molar-refractivity contribution in [1.29, 1.82) is 0 Å². The summed E-state index contributed by atoms with van der Waals surface area (Å²) in [6.45, 7) is -0.581. The Hall–Kier alpha value is -4.50. The van der Waals surface area contributed by atoms with Gasteiger partial charge in [-0.15, -0.1) is 0 Å². The number of imide groups is 2. The van der Waals surface area contributed by atoms with Gasteiger partial charge in [-0.2, -0.15) is 0 Å². The molecule has 0 aliphatic carbocycles. The van der Waals surface area contributed by atoms with E-state index in [0.717, 1.165) is 27.1 Å². The largest absolute Gasteiger partial charge is 0.497 e. The van der Waals surface area contributed by atoms with E-state index in [2.05, 4.69) is 4.99 Å². The molecule has 0 unspecified atom stereocenters. The lowest BCUT2D eigenvalue weighted by Gasteiger charge is -2.18. The molecule has 3 aromatic rings. The number of carbonyl (C=O) groups is 4. The number of benzene rings is 3. The van der Waals surface area contributed by atoms with Gasteiger partial charge in [0, 0.05) is 0 Å². The van der Waals surface area contributed by atoms with Gasteiger partial charge in [0.15, 0.2) is 5.17 Å². The Morgan fingerprint density at radius 3 is 2.08 bits per heavy atom. The standard InChI is InChI=1S/C27H19N3O5S/c1-35-19-13-11-17(12-14-19)15-22-26(34)30(27(36-22)28-18-7-3-2-4-8-18)23(31)16-29-24(32)20-9-5-6-10-21(20)25(29)33/h2-15H,16H2,1H3. The summed E-state index contributed by atoms with van der Waals surface area (Å²) in [5.41, 5.74) is 1.75. The molecule has 0 aromatic heterocycles. The lowest BCUT2D eigenvalue weighted by Crippen LogP contribution is -2.44. The minimum atomic E-state index is -0.727. The van der Waals surface area contributed by atoms with Crippen molar-refractivity contribution in [3.8, 4) is 5.75 Å². The second-order valence-corrected chi connectivity index (χ2v) is 8.90. The van der Waals surface area contributed by atoms with Crippen molar-refractivity contribution in [2.75, 3.05) is 13.7 Å². The summed E-state index contributed by atoms with van der Waals surface area (Å²) in [5, 5.41) is 0.146. The highest BCUT2D eigenvalue weighted by atomic mass is 32.2. The van der Waals surface area contributed by atoms with Crippen LogP contribution in [0.3, 0.4) is 0 Å². The van der Waals surface area contributed by atoms with Gasteiger partial charge in [0.2, 0.25) is 0 Å². The van der Waals surface area contributed by atoms with E-state index < -0.39 is 30.2 Å². The molecule has 0 radical (unpaired) electrons. The number of hydrogen-bond donors (Lipinski definition) is 0. The summed E-state index contributed by atoms with van der Waals surface area (Å²) in [4.78, 5) is 58.8. The molecule has 5 rings (SSSR count). The Morgan fingerprint density at radius 2 is 1.47 bits per heavy atom. The number of ether oxygens (including phenoxy) is 1. The topological polar surface area (TPSA) is 96.3 Å². The minimum Gasteiger partial charge on any atom is -0.497 e. The highest BCUT2D eigenvalue weighted by Gasteiger charge is 2.42.